The molecular weight excluding hydrogens is 366 g/mol. The summed E-state index contributed by atoms with van der Waals surface area (Å²) >= 11 is 12.0. The molecule has 0 saturated carbocycles. The third-order valence-corrected chi connectivity index (χ3v) is 4.28. The predicted octanol–water partition coefficient (Wildman–Crippen LogP) is 4.02. The van der Waals surface area contributed by atoms with Gasteiger partial charge in [0, 0.05) is 5.56 Å². The third kappa shape index (κ3) is 3.65. The van der Waals surface area contributed by atoms with Crippen LogP contribution in [-0.4, -0.2) is 21.2 Å². The molecule has 8 heteroatoms. The summed E-state index contributed by atoms with van der Waals surface area (Å²) in [5, 5.41) is 4.08. The molecule has 0 aliphatic rings. The summed E-state index contributed by atoms with van der Waals surface area (Å²) in [4.78, 5) is 16.3. The molecule has 128 valence electrons. The van der Waals surface area contributed by atoms with E-state index in [0.717, 1.165) is 11.0 Å². The maximum absolute atomic E-state index is 13.6. The Kier molecular flexibility index (Phi) is 5.01. The lowest BCUT2D eigenvalue weighted by Gasteiger charge is -2.08. The van der Waals surface area contributed by atoms with Crippen molar-refractivity contribution in [3.8, 4) is 0 Å². The molecule has 1 aromatic heterocycles. The van der Waals surface area contributed by atoms with Crippen LogP contribution >= 0.6 is 23.2 Å². The molecule has 1 N–H and O–H groups in total. The molecule has 25 heavy (non-hydrogen) atoms. The highest BCUT2D eigenvalue weighted by atomic mass is 35.5. The van der Waals surface area contributed by atoms with Gasteiger partial charge >= 0.3 is 0 Å². The molecule has 0 spiro atoms. The topological polar surface area (TPSA) is 59.3 Å². The molecule has 0 radical (unpaired) electrons. The lowest BCUT2D eigenvalue weighted by molar-refractivity contribution is -0.121. The zero-order valence-corrected chi connectivity index (χ0v) is 14.6. The van der Waals surface area contributed by atoms with E-state index < -0.39 is 5.82 Å². The van der Waals surface area contributed by atoms with Crippen LogP contribution in [0.1, 0.15) is 12.5 Å². The molecule has 5 nitrogen and oxygen atoms in total. The third-order valence-electron chi connectivity index (χ3n) is 3.60. The Morgan fingerprint density at radius 3 is 2.84 bits per heavy atom. The smallest absolute Gasteiger partial charge is 0.260 e. The predicted molar refractivity (Wildman–Crippen MR) is 96.5 cm³/mol. The number of carbonyl (C=O) groups excluding carboxylic acids is 1. The first-order valence-corrected chi connectivity index (χ1v) is 8.10. The van der Waals surface area contributed by atoms with Gasteiger partial charge in [-0.05, 0) is 31.2 Å². The number of hydrazone groups is 1. The van der Waals surface area contributed by atoms with E-state index in [2.05, 4.69) is 15.5 Å². The van der Waals surface area contributed by atoms with Crippen LogP contribution in [-0.2, 0) is 11.3 Å². The minimum Gasteiger partial charge on any atom is -0.321 e. The second-order valence-corrected chi connectivity index (χ2v) is 6.10. The monoisotopic (exact) mass is 378 g/mol. The van der Waals surface area contributed by atoms with Gasteiger partial charge in [-0.25, -0.2) is 14.8 Å². The quantitative estimate of drug-likeness (QED) is 0.423. The number of rotatable bonds is 4. The number of benzene rings is 2. The molecule has 1 amide bonds. The van der Waals surface area contributed by atoms with E-state index in [-0.39, 0.29) is 28.1 Å². The van der Waals surface area contributed by atoms with Crippen LogP contribution in [0.5, 0.6) is 0 Å². The van der Waals surface area contributed by atoms with Gasteiger partial charge in [-0.15, -0.1) is 0 Å². The first-order valence-electron chi connectivity index (χ1n) is 7.34. The largest absolute Gasteiger partial charge is 0.321 e. The molecule has 0 bridgehead atoms. The van der Waals surface area contributed by atoms with Gasteiger partial charge in [0.1, 0.15) is 12.4 Å². The Hall–Kier alpha value is -2.44. The number of imidazole rings is 1. The molecule has 0 aliphatic carbocycles. The van der Waals surface area contributed by atoms with E-state index in [1.165, 1.54) is 12.1 Å². The van der Waals surface area contributed by atoms with Gasteiger partial charge in [0.05, 0.1) is 33.1 Å². The Labute approximate surface area is 153 Å². The van der Waals surface area contributed by atoms with Crippen molar-refractivity contribution in [1.82, 2.24) is 15.0 Å². The van der Waals surface area contributed by atoms with E-state index in [1.54, 1.807) is 17.8 Å². The fourth-order valence-corrected chi connectivity index (χ4v) is 3.03. The fraction of sp³-hybridized carbons (Fsp3) is 0.118. The van der Waals surface area contributed by atoms with Crippen LogP contribution in [0.25, 0.3) is 11.0 Å². The molecular formula is C17H13Cl2FN4O. The second-order valence-electron chi connectivity index (χ2n) is 5.31. The molecule has 0 fully saturated rings. The highest BCUT2D eigenvalue weighted by Crippen LogP contribution is 2.27. The Bertz CT molecular complexity index is 984. The second kappa shape index (κ2) is 7.21. The first kappa shape index (κ1) is 17.4. The van der Waals surface area contributed by atoms with E-state index >= 15 is 0 Å². The van der Waals surface area contributed by atoms with Crippen LogP contribution in [0, 0.1) is 5.82 Å². The highest BCUT2D eigenvalue weighted by molar-refractivity contribution is 6.40. The summed E-state index contributed by atoms with van der Waals surface area (Å²) in [7, 11) is 0. The fourth-order valence-electron chi connectivity index (χ4n) is 2.39. The number of amides is 1. The van der Waals surface area contributed by atoms with Crippen molar-refractivity contribution < 1.29 is 9.18 Å². The summed E-state index contributed by atoms with van der Waals surface area (Å²) in [6, 6.07) is 10.0. The lowest BCUT2D eigenvalue weighted by atomic mass is 10.1. The van der Waals surface area contributed by atoms with Crippen LogP contribution in [0.2, 0.25) is 10.0 Å². The van der Waals surface area contributed by atoms with Crippen molar-refractivity contribution in [1.29, 1.82) is 0 Å². The molecule has 3 rings (SSSR count). The number of para-hydroxylation sites is 2. The lowest BCUT2D eigenvalue weighted by Crippen LogP contribution is -2.24. The van der Waals surface area contributed by atoms with Crippen molar-refractivity contribution in [2.45, 2.75) is 13.5 Å². The van der Waals surface area contributed by atoms with Crippen molar-refractivity contribution in [2.75, 3.05) is 0 Å². The maximum Gasteiger partial charge on any atom is 0.260 e. The zero-order chi connectivity index (χ0) is 18.0. The van der Waals surface area contributed by atoms with Crippen molar-refractivity contribution in [3.05, 3.63) is 64.2 Å². The minimum atomic E-state index is -0.605. The Morgan fingerprint density at radius 1 is 1.28 bits per heavy atom. The van der Waals surface area contributed by atoms with Crippen LogP contribution in [0.4, 0.5) is 4.39 Å². The molecule has 1 heterocycles. The number of hydrogen-bond acceptors (Lipinski definition) is 3. The summed E-state index contributed by atoms with van der Waals surface area (Å²) in [5.41, 5.74) is 4.61. The van der Waals surface area contributed by atoms with Gasteiger partial charge in [-0.1, -0.05) is 35.3 Å². The van der Waals surface area contributed by atoms with Gasteiger partial charge in [0.2, 0.25) is 0 Å². The Morgan fingerprint density at radius 2 is 2.04 bits per heavy atom. The number of nitrogens with one attached hydrogen (secondary N) is 1. The standard InChI is InChI=1S/C17H13Cl2FN4O/c1-10(16-11(18)6-7-12(20)17(16)19)22-23-15(25)8-24-9-21-13-4-2-3-5-14(13)24/h2-7,9H,8H2,1H3,(H,23,25)/b22-10-. The van der Waals surface area contributed by atoms with E-state index in [9.17, 15) is 9.18 Å². The molecule has 0 unspecified atom stereocenters. The van der Waals surface area contributed by atoms with Crippen LogP contribution in [0.3, 0.4) is 0 Å². The normalized spacial score (nSPS) is 11.8. The SMILES string of the molecule is C/C(=N/NC(=O)Cn1cnc2ccccc21)c1c(Cl)ccc(F)c1Cl. The van der Waals surface area contributed by atoms with Crippen LogP contribution < -0.4 is 5.43 Å². The molecule has 2 aromatic carbocycles. The van der Waals surface area contributed by atoms with Crippen LogP contribution in [0.15, 0.2) is 47.8 Å². The number of halogens is 3. The number of hydrogen-bond donors (Lipinski definition) is 1. The van der Waals surface area contributed by atoms with Crippen molar-refractivity contribution in [2.24, 2.45) is 5.10 Å². The van der Waals surface area contributed by atoms with E-state index in [4.69, 9.17) is 23.2 Å². The van der Waals surface area contributed by atoms with Gasteiger partial charge in [-0.2, -0.15) is 5.10 Å². The molecule has 0 atom stereocenters. The number of aromatic nitrogens is 2. The van der Waals surface area contributed by atoms with Gasteiger partial charge < -0.3 is 4.57 Å². The number of carbonyl (C=O) groups is 1. The van der Waals surface area contributed by atoms with E-state index in [1.807, 2.05) is 24.3 Å². The average Bonchev–Trinajstić information content (AvgIpc) is 3.00. The average molecular weight is 379 g/mol. The summed E-state index contributed by atoms with van der Waals surface area (Å²) < 4.78 is 15.3. The van der Waals surface area contributed by atoms with Gasteiger partial charge in [-0.3, -0.25) is 4.79 Å². The number of nitrogens with zero attached hydrogens (tertiary/aromatic N) is 3. The molecule has 3 aromatic rings. The maximum atomic E-state index is 13.6. The summed E-state index contributed by atoms with van der Waals surface area (Å²) in [5.74, 6) is -0.960. The summed E-state index contributed by atoms with van der Waals surface area (Å²) in [6.07, 6.45) is 1.58. The first-order chi connectivity index (χ1) is 12.0. The van der Waals surface area contributed by atoms with Gasteiger partial charge in [0.25, 0.3) is 5.91 Å². The van der Waals surface area contributed by atoms with E-state index in [0.29, 0.717) is 5.71 Å². The van der Waals surface area contributed by atoms with Crippen molar-refractivity contribution in [3.63, 3.8) is 0 Å². The highest BCUT2D eigenvalue weighted by Gasteiger charge is 2.14. The zero-order valence-electron chi connectivity index (χ0n) is 13.1. The molecule has 0 aliphatic heterocycles. The molecule has 0 saturated heterocycles. The van der Waals surface area contributed by atoms with Gasteiger partial charge in [0.15, 0.2) is 0 Å². The minimum absolute atomic E-state index is 0.0436. The number of fused-ring (bicyclic) bond motifs is 1. The van der Waals surface area contributed by atoms with Crippen molar-refractivity contribution >= 4 is 45.9 Å². The summed E-state index contributed by atoms with van der Waals surface area (Å²) in [6.45, 7) is 1.63. The Balaban J connectivity index is 1.75.